The van der Waals surface area contributed by atoms with Crippen LogP contribution in [0.2, 0.25) is 0 Å². The molecule has 1 saturated carbocycles. The minimum Gasteiger partial charge on any atom is -0.345 e. The molecule has 2 aliphatic rings. The summed E-state index contributed by atoms with van der Waals surface area (Å²) in [6.07, 6.45) is 11.2. The van der Waals surface area contributed by atoms with Crippen molar-refractivity contribution in [1.82, 2.24) is 10.2 Å². The molecule has 0 unspecified atom stereocenters. The lowest BCUT2D eigenvalue weighted by molar-refractivity contribution is -0.135. The minimum atomic E-state index is 0.312. The summed E-state index contributed by atoms with van der Waals surface area (Å²) < 4.78 is 0. The Morgan fingerprint density at radius 2 is 1.58 bits per heavy atom. The van der Waals surface area contributed by atoms with Crippen LogP contribution in [0, 0.1) is 11.8 Å². The van der Waals surface area contributed by atoms with Crippen molar-refractivity contribution in [3.8, 4) is 0 Å². The molecule has 0 spiro atoms. The summed E-state index contributed by atoms with van der Waals surface area (Å²) in [4.78, 5) is 14.6. The molecule has 0 radical (unpaired) electrons. The number of amides is 1. The van der Waals surface area contributed by atoms with Gasteiger partial charge in [-0.25, -0.2) is 0 Å². The van der Waals surface area contributed by atoms with Crippen molar-refractivity contribution in [2.24, 2.45) is 11.8 Å². The minimum absolute atomic E-state index is 0.312. The van der Waals surface area contributed by atoms with Gasteiger partial charge < -0.3 is 10.2 Å². The zero-order valence-corrected chi connectivity index (χ0v) is 12.5. The molecule has 0 atom stereocenters. The molecule has 19 heavy (non-hydrogen) atoms. The highest BCUT2D eigenvalue weighted by Gasteiger charge is 2.24. The fraction of sp³-hybridized carbons (Fsp3) is 0.938. The van der Waals surface area contributed by atoms with Crippen LogP contribution >= 0.6 is 0 Å². The van der Waals surface area contributed by atoms with Gasteiger partial charge in [-0.15, -0.1) is 0 Å². The third-order valence-electron chi connectivity index (χ3n) is 4.82. The molecule has 2 fully saturated rings. The maximum atomic E-state index is 12.5. The summed E-state index contributed by atoms with van der Waals surface area (Å²) in [5, 5.41) is 3.39. The normalized spacial score (nSPS) is 23.6. The van der Waals surface area contributed by atoms with Gasteiger partial charge in [0.1, 0.15) is 0 Å². The fourth-order valence-corrected chi connectivity index (χ4v) is 3.56. The van der Waals surface area contributed by atoms with Crippen LogP contribution in [0.25, 0.3) is 0 Å². The molecule has 2 rings (SSSR count). The maximum absolute atomic E-state index is 12.5. The van der Waals surface area contributed by atoms with E-state index in [1.54, 1.807) is 0 Å². The molecular weight excluding hydrogens is 236 g/mol. The van der Waals surface area contributed by atoms with Crippen LogP contribution < -0.4 is 5.32 Å². The quantitative estimate of drug-likeness (QED) is 0.852. The summed E-state index contributed by atoms with van der Waals surface area (Å²) in [7, 11) is 2.02. The zero-order chi connectivity index (χ0) is 13.5. The summed E-state index contributed by atoms with van der Waals surface area (Å²) in [6, 6.07) is 0. The molecule has 1 aliphatic heterocycles. The Bertz CT molecular complexity index is 266. The monoisotopic (exact) mass is 266 g/mol. The van der Waals surface area contributed by atoms with E-state index in [9.17, 15) is 4.79 Å². The fourth-order valence-electron chi connectivity index (χ4n) is 3.56. The lowest BCUT2D eigenvalue weighted by atomic mass is 9.89. The molecule has 0 bridgehead atoms. The van der Waals surface area contributed by atoms with E-state index in [1.807, 2.05) is 11.9 Å². The lowest BCUT2D eigenvalue weighted by Crippen LogP contribution is -2.39. The van der Waals surface area contributed by atoms with Crippen molar-refractivity contribution in [2.75, 3.05) is 26.7 Å². The van der Waals surface area contributed by atoms with Crippen LogP contribution in [0.5, 0.6) is 0 Å². The van der Waals surface area contributed by atoms with E-state index in [2.05, 4.69) is 5.32 Å². The molecule has 3 heteroatoms. The molecule has 1 saturated heterocycles. The van der Waals surface area contributed by atoms with Gasteiger partial charge in [-0.3, -0.25) is 4.79 Å². The van der Waals surface area contributed by atoms with Gasteiger partial charge in [0, 0.05) is 19.5 Å². The highest BCUT2D eigenvalue weighted by molar-refractivity contribution is 5.78. The van der Waals surface area contributed by atoms with Crippen LogP contribution in [0.15, 0.2) is 0 Å². The standard InChI is InChI=1S/C16H30N2O/c1-18(13-14-9-11-17-12-10-14)16(19)15-7-5-3-2-4-6-8-15/h14-15,17H,2-13H2,1H3. The van der Waals surface area contributed by atoms with E-state index in [-0.39, 0.29) is 0 Å². The van der Waals surface area contributed by atoms with E-state index in [1.165, 1.54) is 44.9 Å². The Morgan fingerprint density at radius 1 is 1.00 bits per heavy atom. The molecule has 1 N–H and O–H groups in total. The highest BCUT2D eigenvalue weighted by Crippen LogP contribution is 2.24. The molecule has 1 amide bonds. The number of hydrogen-bond donors (Lipinski definition) is 1. The molecule has 1 aliphatic carbocycles. The Labute approximate surface area is 118 Å². The smallest absolute Gasteiger partial charge is 0.225 e. The van der Waals surface area contributed by atoms with E-state index in [4.69, 9.17) is 0 Å². The second-order valence-electron chi connectivity index (χ2n) is 6.45. The van der Waals surface area contributed by atoms with Gasteiger partial charge in [-0.1, -0.05) is 32.1 Å². The first-order valence-electron chi connectivity index (χ1n) is 8.23. The summed E-state index contributed by atoms with van der Waals surface area (Å²) in [6.45, 7) is 3.21. The second kappa shape index (κ2) is 7.88. The lowest BCUT2D eigenvalue weighted by Gasteiger charge is -2.30. The number of nitrogens with zero attached hydrogens (tertiary/aromatic N) is 1. The first-order valence-corrected chi connectivity index (χ1v) is 8.23. The van der Waals surface area contributed by atoms with E-state index in [0.29, 0.717) is 17.7 Å². The molecule has 0 aromatic rings. The van der Waals surface area contributed by atoms with Crippen molar-refractivity contribution in [3.63, 3.8) is 0 Å². The van der Waals surface area contributed by atoms with Crippen molar-refractivity contribution in [2.45, 2.75) is 57.8 Å². The number of hydrogen-bond acceptors (Lipinski definition) is 2. The van der Waals surface area contributed by atoms with Gasteiger partial charge in [0.15, 0.2) is 0 Å². The number of carbonyl (C=O) groups excluding carboxylic acids is 1. The SMILES string of the molecule is CN(CC1CCNCC1)C(=O)C1CCCCCCC1. The van der Waals surface area contributed by atoms with Crippen molar-refractivity contribution < 1.29 is 4.79 Å². The average Bonchev–Trinajstić information content (AvgIpc) is 2.39. The summed E-state index contributed by atoms with van der Waals surface area (Å²) in [5.41, 5.74) is 0. The first kappa shape index (κ1) is 14.8. The van der Waals surface area contributed by atoms with Crippen LogP contribution in [-0.4, -0.2) is 37.5 Å². The number of nitrogens with one attached hydrogen (secondary N) is 1. The number of piperidine rings is 1. The Morgan fingerprint density at radius 3 is 2.21 bits per heavy atom. The Balaban J connectivity index is 1.79. The summed E-state index contributed by atoms with van der Waals surface area (Å²) >= 11 is 0. The second-order valence-corrected chi connectivity index (χ2v) is 6.45. The zero-order valence-electron chi connectivity index (χ0n) is 12.5. The molecule has 0 aromatic carbocycles. The van der Waals surface area contributed by atoms with Crippen molar-refractivity contribution in [3.05, 3.63) is 0 Å². The number of carbonyl (C=O) groups is 1. The number of rotatable bonds is 3. The van der Waals surface area contributed by atoms with Crippen LogP contribution in [0.3, 0.4) is 0 Å². The average molecular weight is 266 g/mol. The molecule has 0 aromatic heterocycles. The van der Waals surface area contributed by atoms with Gasteiger partial charge >= 0.3 is 0 Å². The third kappa shape index (κ3) is 4.79. The van der Waals surface area contributed by atoms with Gasteiger partial charge in [-0.2, -0.15) is 0 Å². The van der Waals surface area contributed by atoms with Crippen LogP contribution in [0.4, 0.5) is 0 Å². The highest BCUT2D eigenvalue weighted by atomic mass is 16.2. The Hall–Kier alpha value is -0.570. The van der Waals surface area contributed by atoms with Gasteiger partial charge in [0.05, 0.1) is 0 Å². The molecule has 3 nitrogen and oxygen atoms in total. The third-order valence-corrected chi connectivity index (χ3v) is 4.82. The van der Waals surface area contributed by atoms with E-state index < -0.39 is 0 Å². The van der Waals surface area contributed by atoms with E-state index >= 15 is 0 Å². The van der Waals surface area contributed by atoms with E-state index in [0.717, 1.165) is 32.5 Å². The van der Waals surface area contributed by atoms with Crippen molar-refractivity contribution in [1.29, 1.82) is 0 Å². The molecule has 110 valence electrons. The predicted molar refractivity (Wildman–Crippen MR) is 79.0 cm³/mol. The van der Waals surface area contributed by atoms with Crippen LogP contribution in [0.1, 0.15) is 57.8 Å². The largest absolute Gasteiger partial charge is 0.345 e. The Kier molecular flexibility index (Phi) is 6.15. The maximum Gasteiger partial charge on any atom is 0.225 e. The van der Waals surface area contributed by atoms with Crippen molar-refractivity contribution >= 4 is 5.91 Å². The molecular formula is C16H30N2O. The van der Waals surface area contributed by atoms with Crippen LogP contribution in [-0.2, 0) is 4.79 Å². The first-order chi connectivity index (χ1) is 9.27. The van der Waals surface area contributed by atoms with Gasteiger partial charge in [0.25, 0.3) is 0 Å². The molecule has 1 heterocycles. The van der Waals surface area contributed by atoms with Gasteiger partial charge in [-0.05, 0) is 44.7 Å². The predicted octanol–water partition coefficient (Wildman–Crippen LogP) is 2.80. The van der Waals surface area contributed by atoms with Gasteiger partial charge in [0.2, 0.25) is 5.91 Å². The summed E-state index contributed by atoms with van der Waals surface area (Å²) in [5.74, 6) is 1.44. The topological polar surface area (TPSA) is 32.3 Å².